The average Bonchev–Trinajstić information content (AvgIpc) is 2.20. The third-order valence-electron chi connectivity index (χ3n) is 1.69. The van der Waals surface area contributed by atoms with Gasteiger partial charge >= 0.3 is 0 Å². The molecule has 80 valence electrons. The Hall–Kier alpha value is -1.08. The number of nitrogens with zero attached hydrogens (tertiary/aromatic N) is 2. The van der Waals surface area contributed by atoms with Gasteiger partial charge in [-0.3, -0.25) is 4.79 Å². The number of rotatable bonds is 3. The molecule has 1 aromatic heterocycles. The molecule has 0 bridgehead atoms. The first-order chi connectivity index (χ1) is 7.00. The molecule has 15 heavy (non-hydrogen) atoms. The number of hydrogen-bond acceptors (Lipinski definition) is 4. The highest BCUT2D eigenvalue weighted by molar-refractivity contribution is 9.10. The van der Waals surface area contributed by atoms with Gasteiger partial charge in [-0.05, 0) is 22.9 Å². The van der Waals surface area contributed by atoms with Crippen LogP contribution in [0.4, 0.5) is 5.82 Å². The molecule has 1 unspecified atom stereocenters. The maximum Gasteiger partial charge on any atom is 0.235 e. The second-order valence-electron chi connectivity index (χ2n) is 2.84. The smallest absolute Gasteiger partial charge is 0.235 e. The van der Waals surface area contributed by atoms with Crippen LogP contribution in [0.1, 0.15) is 6.92 Å². The molecule has 0 aromatic carbocycles. The first kappa shape index (κ1) is 12.0. The highest BCUT2D eigenvalue weighted by Gasteiger charge is 2.15. The third kappa shape index (κ3) is 3.52. The number of hydrogen-bond donors (Lipinski definition) is 2. The summed E-state index contributed by atoms with van der Waals surface area (Å²) in [5, 5.41) is 2.55. The van der Waals surface area contributed by atoms with Gasteiger partial charge in [0.25, 0.3) is 0 Å². The molecule has 0 spiro atoms. The van der Waals surface area contributed by atoms with Crippen LogP contribution in [0, 0.1) is 5.92 Å². The standard InChI is InChI=1S/C8H9BrN4OS/c1-4(7(10)15)8(14)13-6-3-11-5(9)2-12-6/h2-4H,1H3,(H2,10,15)(H,12,13,14). The van der Waals surface area contributed by atoms with E-state index >= 15 is 0 Å². The van der Waals surface area contributed by atoms with Gasteiger partial charge in [0.1, 0.15) is 4.60 Å². The van der Waals surface area contributed by atoms with Gasteiger partial charge in [-0.1, -0.05) is 12.2 Å². The van der Waals surface area contributed by atoms with Gasteiger partial charge in [0.05, 0.1) is 23.3 Å². The summed E-state index contributed by atoms with van der Waals surface area (Å²) >= 11 is 7.84. The van der Waals surface area contributed by atoms with Gasteiger partial charge in [-0.2, -0.15) is 0 Å². The van der Waals surface area contributed by atoms with Crippen molar-refractivity contribution < 1.29 is 4.79 Å². The number of anilines is 1. The predicted octanol–water partition coefficient (Wildman–Crippen LogP) is 1.10. The van der Waals surface area contributed by atoms with Crippen molar-refractivity contribution in [3.05, 3.63) is 17.0 Å². The molecular formula is C8H9BrN4OS. The van der Waals surface area contributed by atoms with E-state index in [1.807, 2.05) is 0 Å². The van der Waals surface area contributed by atoms with E-state index in [4.69, 9.17) is 18.0 Å². The molecule has 0 fully saturated rings. The second kappa shape index (κ2) is 5.13. The number of halogens is 1. The van der Waals surface area contributed by atoms with Gasteiger partial charge in [-0.15, -0.1) is 0 Å². The molecule has 0 saturated carbocycles. The monoisotopic (exact) mass is 288 g/mol. The van der Waals surface area contributed by atoms with E-state index in [0.29, 0.717) is 10.4 Å². The van der Waals surface area contributed by atoms with E-state index < -0.39 is 5.92 Å². The predicted molar refractivity (Wildman–Crippen MR) is 64.3 cm³/mol. The Kier molecular flexibility index (Phi) is 4.10. The minimum Gasteiger partial charge on any atom is -0.393 e. The lowest BCUT2D eigenvalue weighted by Crippen LogP contribution is -2.31. The molecule has 0 aliphatic heterocycles. The largest absolute Gasteiger partial charge is 0.393 e. The zero-order valence-electron chi connectivity index (χ0n) is 7.90. The minimum absolute atomic E-state index is 0.151. The molecule has 5 nitrogen and oxygen atoms in total. The van der Waals surface area contributed by atoms with Crippen molar-refractivity contribution in [1.82, 2.24) is 9.97 Å². The molecule has 1 aromatic rings. The number of thiocarbonyl (C=S) groups is 1. The quantitative estimate of drug-likeness (QED) is 0.814. The van der Waals surface area contributed by atoms with Crippen molar-refractivity contribution in [2.45, 2.75) is 6.92 Å². The fraction of sp³-hybridized carbons (Fsp3) is 0.250. The number of aromatic nitrogens is 2. The van der Waals surface area contributed by atoms with Crippen LogP contribution in [-0.2, 0) is 4.79 Å². The Morgan fingerprint density at radius 1 is 1.60 bits per heavy atom. The van der Waals surface area contributed by atoms with Crippen LogP contribution in [0.3, 0.4) is 0 Å². The molecule has 1 heterocycles. The topological polar surface area (TPSA) is 80.9 Å². The summed E-state index contributed by atoms with van der Waals surface area (Å²) in [5.74, 6) is -0.448. The zero-order chi connectivity index (χ0) is 11.4. The van der Waals surface area contributed by atoms with Crippen molar-refractivity contribution in [3.63, 3.8) is 0 Å². The van der Waals surface area contributed by atoms with E-state index in [2.05, 4.69) is 31.2 Å². The summed E-state index contributed by atoms with van der Waals surface area (Å²) < 4.78 is 0.600. The molecule has 0 aliphatic carbocycles. The maximum atomic E-state index is 11.5. The number of nitrogens with one attached hydrogen (secondary N) is 1. The summed E-state index contributed by atoms with van der Waals surface area (Å²) in [6, 6.07) is 0. The van der Waals surface area contributed by atoms with Crippen molar-refractivity contribution in [2.24, 2.45) is 11.7 Å². The molecule has 1 amide bonds. The lowest BCUT2D eigenvalue weighted by atomic mass is 10.2. The van der Waals surface area contributed by atoms with Gasteiger partial charge in [0.15, 0.2) is 5.82 Å². The van der Waals surface area contributed by atoms with Crippen LogP contribution in [0.2, 0.25) is 0 Å². The number of amides is 1. The Labute approximate surface area is 101 Å². The van der Waals surface area contributed by atoms with E-state index in [0.717, 1.165) is 0 Å². The van der Waals surface area contributed by atoms with Crippen LogP contribution >= 0.6 is 28.1 Å². The fourth-order valence-electron chi connectivity index (χ4n) is 0.741. The van der Waals surface area contributed by atoms with E-state index in [1.54, 1.807) is 6.92 Å². The van der Waals surface area contributed by atoms with Crippen molar-refractivity contribution in [1.29, 1.82) is 0 Å². The highest BCUT2D eigenvalue weighted by Crippen LogP contribution is 2.07. The van der Waals surface area contributed by atoms with Gasteiger partial charge in [0.2, 0.25) is 5.91 Å². The molecule has 0 radical (unpaired) electrons. The number of carbonyl (C=O) groups excluding carboxylic acids is 1. The molecule has 7 heteroatoms. The Balaban J connectivity index is 2.66. The summed E-state index contributed by atoms with van der Waals surface area (Å²) in [5.41, 5.74) is 5.34. The van der Waals surface area contributed by atoms with Gasteiger partial charge in [0, 0.05) is 0 Å². The lowest BCUT2D eigenvalue weighted by molar-refractivity contribution is -0.117. The SMILES string of the molecule is CC(C(=O)Nc1cnc(Br)cn1)C(N)=S. The molecule has 0 saturated heterocycles. The number of carbonyl (C=O) groups is 1. The van der Waals surface area contributed by atoms with Crippen molar-refractivity contribution in [3.8, 4) is 0 Å². The molecule has 3 N–H and O–H groups in total. The summed E-state index contributed by atoms with van der Waals surface area (Å²) in [7, 11) is 0. The molecule has 1 rings (SSSR count). The Bertz CT molecular complexity index is 381. The zero-order valence-corrected chi connectivity index (χ0v) is 10.3. The second-order valence-corrected chi connectivity index (χ2v) is 4.12. The Morgan fingerprint density at radius 3 is 2.73 bits per heavy atom. The van der Waals surface area contributed by atoms with Gasteiger partial charge < -0.3 is 11.1 Å². The normalized spacial score (nSPS) is 11.9. The fourth-order valence-corrected chi connectivity index (χ4v) is 1.05. The van der Waals surface area contributed by atoms with Crippen LogP contribution in [0.5, 0.6) is 0 Å². The molecule has 0 aliphatic rings. The maximum absolute atomic E-state index is 11.5. The first-order valence-corrected chi connectivity index (χ1v) is 5.28. The van der Waals surface area contributed by atoms with Crippen LogP contribution in [0.15, 0.2) is 17.0 Å². The summed E-state index contributed by atoms with van der Waals surface area (Å²) in [6.45, 7) is 1.63. The van der Waals surface area contributed by atoms with E-state index in [-0.39, 0.29) is 10.9 Å². The lowest BCUT2D eigenvalue weighted by Gasteiger charge is -2.09. The average molecular weight is 289 g/mol. The summed E-state index contributed by atoms with van der Waals surface area (Å²) in [4.78, 5) is 19.5. The highest BCUT2D eigenvalue weighted by atomic mass is 79.9. The molecular weight excluding hydrogens is 280 g/mol. The van der Waals surface area contributed by atoms with E-state index in [9.17, 15) is 4.79 Å². The third-order valence-corrected chi connectivity index (χ3v) is 2.45. The number of nitrogens with two attached hydrogens (primary N) is 1. The van der Waals surface area contributed by atoms with Gasteiger partial charge in [-0.25, -0.2) is 9.97 Å². The Morgan fingerprint density at radius 2 is 2.27 bits per heavy atom. The molecule has 1 atom stereocenters. The first-order valence-electron chi connectivity index (χ1n) is 4.08. The summed E-state index contributed by atoms with van der Waals surface area (Å²) in [6.07, 6.45) is 2.93. The van der Waals surface area contributed by atoms with Crippen LogP contribution in [-0.4, -0.2) is 20.9 Å². The minimum atomic E-state index is -0.523. The van der Waals surface area contributed by atoms with Crippen molar-refractivity contribution >= 4 is 44.9 Å². The van der Waals surface area contributed by atoms with Crippen LogP contribution < -0.4 is 11.1 Å². The van der Waals surface area contributed by atoms with Crippen molar-refractivity contribution in [2.75, 3.05) is 5.32 Å². The van der Waals surface area contributed by atoms with E-state index in [1.165, 1.54) is 12.4 Å². The van der Waals surface area contributed by atoms with Crippen LogP contribution in [0.25, 0.3) is 0 Å².